The van der Waals surface area contributed by atoms with E-state index >= 15 is 0 Å². The molecule has 1 amide bonds. The minimum absolute atomic E-state index is 0.167. The van der Waals surface area contributed by atoms with Crippen molar-refractivity contribution in [3.05, 3.63) is 71.4 Å². The van der Waals surface area contributed by atoms with Gasteiger partial charge in [0.25, 0.3) is 5.91 Å². The summed E-state index contributed by atoms with van der Waals surface area (Å²) in [6.07, 6.45) is 0.696. The minimum Gasteiger partial charge on any atom is -0.495 e. The Labute approximate surface area is 148 Å². The van der Waals surface area contributed by atoms with Crippen molar-refractivity contribution in [3.8, 4) is 5.75 Å². The summed E-state index contributed by atoms with van der Waals surface area (Å²) in [5, 5.41) is 2.92. The minimum atomic E-state index is -0.167. The summed E-state index contributed by atoms with van der Waals surface area (Å²) in [6.45, 7) is 2.20. The van der Waals surface area contributed by atoms with Crippen LogP contribution >= 0.6 is 0 Å². The molecule has 5 heteroatoms. The highest BCUT2D eigenvalue weighted by Gasteiger charge is 2.23. The molecule has 2 aromatic rings. The Hall–Kier alpha value is -2.79. The summed E-state index contributed by atoms with van der Waals surface area (Å²) >= 11 is 0. The molecule has 1 heterocycles. The van der Waals surface area contributed by atoms with Crippen LogP contribution in [0.15, 0.2) is 65.9 Å². The van der Waals surface area contributed by atoms with E-state index in [2.05, 4.69) is 22.3 Å². The van der Waals surface area contributed by atoms with Gasteiger partial charge in [0.1, 0.15) is 5.75 Å². The average molecular weight is 337 g/mol. The Balaban J connectivity index is 1.70. The first kappa shape index (κ1) is 17.0. The summed E-state index contributed by atoms with van der Waals surface area (Å²) < 4.78 is 5.29. The van der Waals surface area contributed by atoms with E-state index in [9.17, 15) is 4.79 Å². The summed E-state index contributed by atoms with van der Waals surface area (Å²) in [5.74, 6) is 0.465. The zero-order chi connectivity index (χ0) is 17.6. The molecule has 0 saturated carbocycles. The molecule has 0 fully saturated rings. The van der Waals surface area contributed by atoms with Gasteiger partial charge in [0.2, 0.25) is 0 Å². The second-order valence-electron chi connectivity index (χ2n) is 6.10. The van der Waals surface area contributed by atoms with E-state index in [4.69, 9.17) is 10.5 Å². The molecule has 0 spiro atoms. The first-order chi connectivity index (χ1) is 12.2. The summed E-state index contributed by atoms with van der Waals surface area (Å²) in [6, 6.07) is 17.6. The normalized spacial score (nSPS) is 15.1. The highest BCUT2D eigenvalue weighted by atomic mass is 16.5. The number of carbonyl (C=O) groups excluding carboxylic acids is 1. The van der Waals surface area contributed by atoms with Gasteiger partial charge in [-0.2, -0.15) is 0 Å². The number of nitrogens with zero attached hydrogens (tertiary/aromatic N) is 1. The predicted molar refractivity (Wildman–Crippen MR) is 99.2 cm³/mol. The van der Waals surface area contributed by atoms with E-state index in [0.717, 1.165) is 13.1 Å². The van der Waals surface area contributed by atoms with Crippen molar-refractivity contribution in [2.24, 2.45) is 5.73 Å². The van der Waals surface area contributed by atoms with Crippen molar-refractivity contribution in [1.82, 2.24) is 4.90 Å². The van der Waals surface area contributed by atoms with E-state index in [-0.39, 0.29) is 5.91 Å². The molecule has 0 aliphatic carbocycles. The van der Waals surface area contributed by atoms with Crippen LogP contribution in [0.3, 0.4) is 0 Å². The molecule has 3 rings (SSSR count). The van der Waals surface area contributed by atoms with Crippen molar-refractivity contribution in [3.63, 3.8) is 0 Å². The van der Waals surface area contributed by atoms with Crippen LogP contribution in [-0.2, 0) is 11.3 Å². The number of carbonyl (C=O) groups is 1. The Morgan fingerprint density at radius 3 is 2.64 bits per heavy atom. The van der Waals surface area contributed by atoms with E-state index in [1.165, 1.54) is 5.56 Å². The lowest BCUT2D eigenvalue weighted by Crippen LogP contribution is -2.37. The molecule has 0 aromatic heterocycles. The average Bonchev–Trinajstić information content (AvgIpc) is 2.64. The summed E-state index contributed by atoms with van der Waals surface area (Å²) in [4.78, 5) is 15.0. The number of nitrogens with two attached hydrogens (primary N) is 1. The second-order valence-corrected chi connectivity index (χ2v) is 6.10. The molecule has 0 bridgehead atoms. The van der Waals surface area contributed by atoms with Crippen LogP contribution < -0.4 is 15.8 Å². The fourth-order valence-electron chi connectivity index (χ4n) is 2.97. The number of methoxy groups -OCH3 is 1. The number of benzene rings is 2. The maximum absolute atomic E-state index is 12.7. The molecular weight excluding hydrogens is 314 g/mol. The van der Waals surface area contributed by atoms with Crippen LogP contribution in [0.2, 0.25) is 0 Å². The van der Waals surface area contributed by atoms with Gasteiger partial charge in [-0.05, 0) is 17.7 Å². The van der Waals surface area contributed by atoms with E-state index < -0.39 is 0 Å². The SMILES string of the molecule is COc1ccccc1NC(=O)C1=C(N)CCN(Cc2ccccc2)C1. The lowest BCUT2D eigenvalue weighted by molar-refractivity contribution is -0.113. The van der Waals surface area contributed by atoms with Gasteiger partial charge >= 0.3 is 0 Å². The molecule has 2 aromatic carbocycles. The van der Waals surface area contributed by atoms with Crippen LogP contribution in [0.4, 0.5) is 5.69 Å². The summed E-state index contributed by atoms with van der Waals surface area (Å²) in [5.41, 5.74) is 9.29. The second kappa shape index (κ2) is 7.85. The molecule has 1 aliphatic heterocycles. The monoisotopic (exact) mass is 337 g/mol. The molecule has 0 atom stereocenters. The van der Waals surface area contributed by atoms with Crippen LogP contribution in [-0.4, -0.2) is 31.0 Å². The number of ether oxygens (including phenoxy) is 1. The van der Waals surface area contributed by atoms with Crippen molar-refractivity contribution in [2.75, 3.05) is 25.5 Å². The molecular formula is C20H23N3O2. The van der Waals surface area contributed by atoms with Gasteiger partial charge in [0, 0.05) is 31.8 Å². The van der Waals surface area contributed by atoms with Crippen molar-refractivity contribution >= 4 is 11.6 Å². The molecule has 130 valence electrons. The lowest BCUT2D eigenvalue weighted by atomic mass is 10.0. The van der Waals surface area contributed by atoms with Gasteiger partial charge in [-0.25, -0.2) is 0 Å². The zero-order valence-electron chi connectivity index (χ0n) is 14.4. The van der Waals surface area contributed by atoms with Crippen molar-refractivity contribution in [2.45, 2.75) is 13.0 Å². The van der Waals surface area contributed by atoms with Crippen LogP contribution in [0.25, 0.3) is 0 Å². The predicted octanol–water partition coefficient (Wildman–Crippen LogP) is 2.75. The number of rotatable bonds is 5. The maximum Gasteiger partial charge on any atom is 0.254 e. The molecule has 3 N–H and O–H groups in total. The fraction of sp³-hybridized carbons (Fsp3) is 0.250. The third kappa shape index (κ3) is 4.19. The van der Waals surface area contributed by atoms with E-state index in [1.807, 2.05) is 42.5 Å². The lowest BCUT2D eigenvalue weighted by Gasteiger charge is -2.29. The highest BCUT2D eigenvalue weighted by Crippen LogP contribution is 2.25. The smallest absolute Gasteiger partial charge is 0.254 e. The fourth-order valence-corrected chi connectivity index (χ4v) is 2.97. The van der Waals surface area contributed by atoms with Gasteiger partial charge in [-0.3, -0.25) is 9.69 Å². The Kier molecular flexibility index (Phi) is 5.36. The van der Waals surface area contributed by atoms with Gasteiger partial charge in [0.05, 0.1) is 18.4 Å². The van der Waals surface area contributed by atoms with Gasteiger partial charge in [0.15, 0.2) is 0 Å². The number of amides is 1. The number of nitrogens with one attached hydrogen (secondary N) is 1. The van der Waals surface area contributed by atoms with Crippen LogP contribution in [0, 0.1) is 0 Å². The molecule has 5 nitrogen and oxygen atoms in total. The first-order valence-corrected chi connectivity index (χ1v) is 8.35. The summed E-state index contributed by atoms with van der Waals surface area (Å²) in [7, 11) is 1.58. The third-order valence-corrected chi connectivity index (χ3v) is 4.34. The van der Waals surface area contributed by atoms with Crippen molar-refractivity contribution < 1.29 is 9.53 Å². The molecule has 1 aliphatic rings. The zero-order valence-corrected chi connectivity index (χ0v) is 14.4. The number of hydrogen-bond donors (Lipinski definition) is 2. The first-order valence-electron chi connectivity index (χ1n) is 8.35. The van der Waals surface area contributed by atoms with Gasteiger partial charge < -0.3 is 15.8 Å². The standard InChI is InChI=1S/C20H23N3O2/c1-25-19-10-6-5-9-18(19)22-20(24)16-14-23(12-11-17(16)21)13-15-7-3-2-4-8-15/h2-10H,11-14,21H2,1H3,(H,22,24). The van der Waals surface area contributed by atoms with E-state index in [1.54, 1.807) is 7.11 Å². The molecule has 25 heavy (non-hydrogen) atoms. The Morgan fingerprint density at radius 1 is 1.16 bits per heavy atom. The van der Waals surface area contributed by atoms with Gasteiger partial charge in [-0.15, -0.1) is 0 Å². The number of anilines is 1. The van der Waals surface area contributed by atoms with Gasteiger partial charge in [-0.1, -0.05) is 42.5 Å². The highest BCUT2D eigenvalue weighted by molar-refractivity contribution is 6.05. The number of hydrogen-bond acceptors (Lipinski definition) is 4. The largest absolute Gasteiger partial charge is 0.495 e. The molecule has 0 saturated heterocycles. The van der Waals surface area contributed by atoms with E-state index in [0.29, 0.717) is 35.7 Å². The Bertz CT molecular complexity index is 772. The molecule has 0 radical (unpaired) electrons. The van der Waals surface area contributed by atoms with Crippen LogP contribution in [0.1, 0.15) is 12.0 Å². The topological polar surface area (TPSA) is 67.6 Å². The third-order valence-electron chi connectivity index (χ3n) is 4.34. The maximum atomic E-state index is 12.7. The number of para-hydroxylation sites is 2. The van der Waals surface area contributed by atoms with Crippen molar-refractivity contribution in [1.29, 1.82) is 0 Å². The Morgan fingerprint density at radius 2 is 1.88 bits per heavy atom. The van der Waals surface area contributed by atoms with Crippen LogP contribution in [0.5, 0.6) is 5.75 Å². The molecule has 0 unspecified atom stereocenters. The quantitative estimate of drug-likeness (QED) is 0.880.